The molecule has 2 amide bonds. The van der Waals surface area contributed by atoms with Gasteiger partial charge < -0.3 is 20.2 Å². The zero-order valence-electron chi connectivity index (χ0n) is 26.4. The Kier molecular flexibility index (Phi) is 23.7. The van der Waals surface area contributed by atoms with Crippen LogP contribution in [0.2, 0.25) is 0 Å². The minimum Gasteiger partial charge on any atom is -0.481 e. The number of carbonyl (C=O) groups excluding carboxylic acids is 3. The molecule has 0 spiro atoms. The summed E-state index contributed by atoms with van der Waals surface area (Å²) in [5, 5.41) is 27.0. The van der Waals surface area contributed by atoms with Crippen LogP contribution in [0.25, 0.3) is 0 Å². The van der Waals surface area contributed by atoms with Crippen LogP contribution in [0.4, 0.5) is 0 Å². The van der Waals surface area contributed by atoms with Crippen LogP contribution in [0, 0.1) is 11.8 Å². The van der Waals surface area contributed by atoms with Crippen LogP contribution in [0.1, 0.15) is 155 Å². The van der Waals surface area contributed by atoms with Crippen LogP contribution >= 0.6 is 0 Å². The summed E-state index contributed by atoms with van der Waals surface area (Å²) in [5.74, 6) is -8.56. The van der Waals surface area contributed by atoms with Crippen LogP contribution in [0.5, 0.6) is 0 Å². The van der Waals surface area contributed by atoms with Gasteiger partial charge in [-0.2, -0.15) is 0 Å². The minimum absolute atomic E-state index is 0.0118. The number of amides is 2. The monoisotopic (exact) mass is 613 g/mol. The summed E-state index contributed by atoms with van der Waals surface area (Å²) < 4.78 is 0. The summed E-state index contributed by atoms with van der Waals surface area (Å²) in [6.45, 7) is 4.38. The van der Waals surface area contributed by atoms with Gasteiger partial charge in [-0.15, -0.1) is 5.06 Å². The van der Waals surface area contributed by atoms with Crippen molar-refractivity contribution in [3.8, 4) is 0 Å². The topological polar surface area (TPSA) is 176 Å². The summed E-state index contributed by atoms with van der Waals surface area (Å²) in [7, 11) is 0. The van der Waals surface area contributed by atoms with E-state index in [1.165, 1.54) is 70.6 Å². The van der Waals surface area contributed by atoms with Crippen molar-refractivity contribution < 1.29 is 48.9 Å². The third-order valence-electron chi connectivity index (χ3n) is 7.56. The first-order valence-electron chi connectivity index (χ1n) is 16.3. The molecule has 11 heteroatoms. The molecule has 1 aliphatic heterocycles. The van der Waals surface area contributed by atoms with E-state index in [-0.39, 0.29) is 25.7 Å². The molecule has 0 saturated carbocycles. The third kappa shape index (κ3) is 19.8. The van der Waals surface area contributed by atoms with E-state index in [2.05, 4.69) is 13.8 Å². The predicted molar refractivity (Wildman–Crippen MR) is 161 cm³/mol. The van der Waals surface area contributed by atoms with Gasteiger partial charge in [0.25, 0.3) is 11.8 Å². The van der Waals surface area contributed by atoms with Crippen LogP contribution in [0.15, 0.2) is 0 Å². The first-order valence-corrected chi connectivity index (χ1v) is 16.3. The van der Waals surface area contributed by atoms with E-state index in [1.54, 1.807) is 0 Å². The van der Waals surface area contributed by atoms with Gasteiger partial charge in [0.1, 0.15) is 0 Å². The molecule has 248 valence electrons. The number of aliphatic carboxylic acids is 3. The number of hydrogen-bond acceptors (Lipinski definition) is 7. The highest BCUT2D eigenvalue weighted by Gasteiger charge is 2.36. The summed E-state index contributed by atoms with van der Waals surface area (Å²) in [6, 6.07) is 0. The average molecular weight is 614 g/mol. The van der Waals surface area contributed by atoms with Crippen molar-refractivity contribution in [3.05, 3.63) is 0 Å². The molecule has 0 aromatic carbocycles. The third-order valence-corrected chi connectivity index (χ3v) is 7.56. The predicted octanol–water partition coefficient (Wildman–Crippen LogP) is 6.91. The lowest BCUT2D eigenvalue weighted by Crippen LogP contribution is -2.36. The maximum absolute atomic E-state index is 11.9. The highest BCUT2D eigenvalue weighted by Crippen LogP contribution is 2.19. The zero-order chi connectivity index (χ0) is 32.5. The van der Waals surface area contributed by atoms with Crippen molar-refractivity contribution in [3.63, 3.8) is 0 Å². The second-order valence-electron chi connectivity index (χ2n) is 11.3. The molecule has 0 aromatic rings. The molecule has 1 rings (SSSR count). The second kappa shape index (κ2) is 25.5. The highest BCUT2D eigenvalue weighted by atomic mass is 16.7. The Bertz CT molecular complexity index is 814. The fourth-order valence-corrected chi connectivity index (χ4v) is 4.82. The molecule has 0 aromatic heterocycles. The van der Waals surface area contributed by atoms with Gasteiger partial charge in [0.15, 0.2) is 11.8 Å². The number of nitrogens with zero attached hydrogens (tertiary/aromatic N) is 1. The first kappa shape index (κ1) is 40.0. The van der Waals surface area contributed by atoms with Crippen molar-refractivity contribution in [1.82, 2.24) is 5.06 Å². The largest absolute Gasteiger partial charge is 0.481 e. The summed E-state index contributed by atoms with van der Waals surface area (Å²) in [4.78, 5) is 72.0. The molecule has 0 aliphatic carbocycles. The van der Waals surface area contributed by atoms with Crippen molar-refractivity contribution >= 4 is 35.7 Å². The second-order valence-corrected chi connectivity index (χ2v) is 11.3. The number of hydroxylamine groups is 2. The van der Waals surface area contributed by atoms with Gasteiger partial charge in [0.2, 0.25) is 0 Å². The Morgan fingerprint density at radius 3 is 1.19 bits per heavy atom. The fraction of sp³-hybridized carbons (Fsp3) is 0.812. The van der Waals surface area contributed by atoms with E-state index >= 15 is 0 Å². The molecule has 1 atom stereocenters. The fourth-order valence-electron chi connectivity index (χ4n) is 4.82. The Morgan fingerprint density at radius 2 is 0.860 bits per heavy atom. The van der Waals surface area contributed by atoms with Crippen molar-refractivity contribution in [1.29, 1.82) is 0 Å². The molecular formula is C32H55NO10. The van der Waals surface area contributed by atoms with Gasteiger partial charge in [0.05, 0.1) is 0 Å². The molecule has 11 nitrogen and oxygen atoms in total. The number of carboxylic acid groups (broad SMARTS) is 3. The van der Waals surface area contributed by atoms with E-state index in [0.717, 1.165) is 32.1 Å². The van der Waals surface area contributed by atoms with Gasteiger partial charge in [-0.3, -0.25) is 24.0 Å². The van der Waals surface area contributed by atoms with Gasteiger partial charge in [0, 0.05) is 12.8 Å². The smallest absolute Gasteiger partial charge is 0.347 e. The molecule has 1 unspecified atom stereocenters. The number of carboxylic acids is 3. The van der Waals surface area contributed by atoms with Crippen LogP contribution in [0.3, 0.4) is 0 Å². The minimum atomic E-state index is -1.34. The summed E-state index contributed by atoms with van der Waals surface area (Å²) in [6.07, 6.45) is 20.4. The molecule has 1 heterocycles. The molecular weight excluding hydrogens is 558 g/mol. The number of imide groups is 1. The summed E-state index contributed by atoms with van der Waals surface area (Å²) in [5.41, 5.74) is 0. The Hall–Kier alpha value is -2.98. The normalized spacial score (nSPS) is 13.5. The average Bonchev–Trinajstić information content (AvgIpc) is 3.26. The van der Waals surface area contributed by atoms with Gasteiger partial charge >= 0.3 is 23.9 Å². The SMILES string of the molecule is CCCCCCCCCCCC(C(=O)O)C(=O)O.CCCCCCCCCCCC(C(=O)O)C(=O)ON1C(=O)CCC1=O. The van der Waals surface area contributed by atoms with Gasteiger partial charge in [-0.1, -0.05) is 129 Å². The Labute approximate surface area is 256 Å². The lowest BCUT2D eigenvalue weighted by atomic mass is 10.00. The van der Waals surface area contributed by atoms with Crippen LogP contribution in [-0.4, -0.2) is 56.1 Å². The van der Waals surface area contributed by atoms with E-state index in [1.807, 2.05) is 0 Å². The number of unbranched alkanes of at least 4 members (excludes halogenated alkanes) is 16. The van der Waals surface area contributed by atoms with Crippen LogP contribution < -0.4 is 0 Å². The van der Waals surface area contributed by atoms with Crippen molar-refractivity contribution in [2.75, 3.05) is 0 Å². The van der Waals surface area contributed by atoms with E-state index in [0.29, 0.717) is 17.9 Å². The maximum Gasteiger partial charge on any atom is 0.347 e. The zero-order valence-corrected chi connectivity index (χ0v) is 26.4. The van der Waals surface area contributed by atoms with Gasteiger partial charge in [-0.25, -0.2) is 4.79 Å². The Morgan fingerprint density at radius 1 is 0.558 bits per heavy atom. The lowest BCUT2D eigenvalue weighted by Gasteiger charge is -2.16. The standard InChI is InChI=1S/C18H29NO6.C14H26O4/c1-2-3-4-5-6-7-8-9-10-11-14(17(22)23)18(24)25-19-15(20)12-13-16(19)21;1-2-3-4-5-6-7-8-9-10-11-12(13(15)16)14(17)18/h14H,2-13H2,1H3,(H,22,23);12H,2-11H2,1H3,(H,15,16)(H,17,18). The van der Waals surface area contributed by atoms with E-state index in [4.69, 9.17) is 15.1 Å². The molecule has 43 heavy (non-hydrogen) atoms. The molecule has 1 aliphatic rings. The highest BCUT2D eigenvalue weighted by molar-refractivity contribution is 6.02. The number of hydrogen-bond donors (Lipinski definition) is 3. The maximum atomic E-state index is 11.9. The van der Waals surface area contributed by atoms with Gasteiger partial charge in [-0.05, 0) is 12.8 Å². The van der Waals surface area contributed by atoms with Crippen molar-refractivity contribution in [2.24, 2.45) is 11.8 Å². The summed E-state index contributed by atoms with van der Waals surface area (Å²) >= 11 is 0. The molecule has 0 radical (unpaired) electrons. The quantitative estimate of drug-likeness (QED) is 0.0557. The molecule has 0 bridgehead atoms. The lowest BCUT2D eigenvalue weighted by molar-refractivity contribution is -0.202. The van der Waals surface area contributed by atoms with Crippen molar-refractivity contribution in [2.45, 2.75) is 155 Å². The molecule has 1 fully saturated rings. The van der Waals surface area contributed by atoms with Crippen LogP contribution in [-0.2, 0) is 33.6 Å². The Balaban J connectivity index is 0.000000869. The van der Waals surface area contributed by atoms with E-state index < -0.39 is 47.5 Å². The molecule has 1 saturated heterocycles. The molecule has 3 N–H and O–H groups in total. The van der Waals surface area contributed by atoms with E-state index in [9.17, 15) is 33.9 Å². The number of rotatable bonds is 25. The first-order chi connectivity index (χ1) is 20.6. The number of carbonyl (C=O) groups is 6.